The topological polar surface area (TPSA) is 74.2 Å². The van der Waals surface area contributed by atoms with Crippen LogP contribution in [0, 0.1) is 0 Å². The van der Waals surface area contributed by atoms with Gasteiger partial charge in [-0.3, -0.25) is 0 Å². The van der Waals surface area contributed by atoms with Crippen LogP contribution in [0.15, 0.2) is 28.8 Å². The number of hydrogen-bond donors (Lipinski definition) is 1. The number of nitrogens with zero attached hydrogens (tertiary/aromatic N) is 2. The minimum atomic E-state index is 0.146. The highest BCUT2D eigenvalue weighted by Gasteiger charge is 2.26. The summed E-state index contributed by atoms with van der Waals surface area (Å²) in [6.45, 7) is 3.19. The molecular weight excluding hydrogens is 254 g/mol. The molecule has 2 N–H and O–H groups in total. The van der Waals surface area contributed by atoms with Crippen molar-refractivity contribution in [1.29, 1.82) is 0 Å². The molecule has 5 nitrogen and oxygen atoms in total. The summed E-state index contributed by atoms with van der Waals surface area (Å²) in [5.74, 6) is 2.62. The maximum absolute atomic E-state index is 5.77. The van der Waals surface area contributed by atoms with Crippen molar-refractivity contribution in [3.05, 3.63) is 41.5 Å². The zero-order chi connectivity index (χ0) is 13.9. The Morgan fingerprint density at radius 3 is 3.05 bits per heavy atom. The molecule has 1 aromatic carbocycles. The van der Waals surface area contributed by atoms with E-state index in [1.807, 2.05) is 18.2 Å². The quantitative estimate of drug-likeness (QED) is 0.924. The summed E-state index contributed by atoms with van der Waals surface area (Å²) in [6, 6.07) is 8.08. The molecule has 2 heterocycles. The molecule has 0 amide bonds. The Kier molecular flexibility index (Phi) is 3.69. The maximum Gasteiger partial charge on any atom is 0.231 e. The summed E-state index contributed by atoms with van der Waals surface area (Å²) in [5, 5.41) is 4.11. The standard InChI is InChI=1S/C15H19N3O2/c1-2-10(8-16)15-17-14(18-20-15)12-7-11-5-3-4-6-13(11)19-9-12/h3-6,10,12H,2,7-9,16H2,1H3. The van der Waals surface area contributed by atoms with E-state index >= 15 is 0 Å². The van der Waals surface area contributed by atoms with Crippen LogP contribution in [-0.2, 0) is 6.42 Å². The summed E-state index contributed by atoms with van der Waals surface area (Å²) in [5.41, 5.74) is 6.91. The molecule has 0 bridgehead atoms. The van der Waals surface area contributed by atoms with E-state index in [9.17, 15) is 0 Å². The lowest BCUT2D eigenvalue weighted by atomic mass is 9.96. The van der Waals surface area contributed by atoms with Crippen LogP contribution in [-0.4, -0.2) is 23.3 Å². The largest absolute Gasteiger partial charge is 0.493 e. The van der Waals surface area contributed by atoms with Gasteiger partial charge in [-0.25, -0.2) is 0 Å². The monoisotopic (exact) mass is 273 g/mol. The number of ether oxygens (including phenoxy) is 1. The Balaban J connectivity index is 1.78. The third-order valence-electron chi connectivity index (χ3n) is 3.83. The van der Waals surface area contributed by atoms with Crippen LogP contribution in [0.1, 0.15) is 42.5 Å². The Morgan fingerprint density at radius 2 is 2.25 bits per heavy atom. The number of para-hydroxylation sites is 1. The molecular formula is C15H19N3O2. The molecule has 20 heavy (non-hydrogen) atoms. The first-order valence-corrected chi connectivity index (χ1v) is 7.06. The molecule has 1 aliphatic rings. The van der Waals surface area contributed by atoms with Gasteiger partial charge in [-0.15, -0.1) is 0 Å². The van der Waals surface area contributed by atoms with Crippen molar-refractivity contribution in [1.82, 2.24) is 10.1 Å². The van der Waals surface area contributed by atoms with E-state index in [1.54, 1.807) is 0 Å². The molecule has 2 atom stereocenters. The van der Waals surface area contributed by atoms with E-state index in [0.717, 1.165) is 24.4 Å². The van der Waals surface area contributed by atoms with Crippen LogP contribution >= 0.6 is 0 Å². The summed E-state index contributed by atoms with van der Waals surface area (Å²) >= 11 is 0. The summed E-state index contributed by atoms with van der Waals surface area (Å²) < 4.78 is 11.1. The second kappa shape index (κ2) is 5.63. The minimum Gasteiger partial charge on any atom is -0.493 e. The lowest BCUT2D eigenvalue weighted by Crippen LogP contribution is -2.20. The predicted octanol–water partition coefficient (Wildman–Crippen LogP) is 2.24. The first kappa shape index (κ1) is 13.1. The predicted molar refractivity (Wildman–Crippen MR) is 74.8 cm³/mol. The lowest BCUT2D eigenvalue weighted by Gasteiger charge is -2.22. The molecule has 3 rings (SSSR count). The molecule has 0 saturated carbocycles. The van der Waals surface area contributed by atoms with Gasteiger partial charge in [-0.2, -0.15) is 4.98 Å². The van der Waals surface area contributed by atoms with Crippen molar-refractivity contribution in [2.24, 2.45) is 5.73 Å². The second-order valence-corrected chi connectivity index (χ2v) is 5.15. The van der Waals surface area contributed by atoms with Crippen LogP contribution in [0.5, 0.6) is 5.75 Å². The molecule has 1 aromatic heterocycles. The summed E-state index contributed by atoms with van der Waals surface area (Å²) in [7, 11) is 0. The molecule has 106 valence electrons. The van der Waals surface area contributed by atoms with Crippen LogP contribution in [0.3, 0.4) is 0 Å². The summed E-state index contributed by atoms with van der Waals surface area (Å²) in [4.78, 5) is 4.51. The fourth-order valence-corrected chi connectivity index (χ4v) is 2.51. The first-order chi connectivity index (χ1) is 9.81. The van der Waals surface area contributed by atoms with Gasteiger partial charge in [0.25, 0.3) is 0 Å². The molecule has 0 fully saturated rings. The maximum atomic E-state index is 5.77. The molecule has 1 aliphatic heterocycles. The van der Waals surface area contributed by atoms with Gasteiger partial charge in [0, 0.05) is 6.54 Å². The Bertz CT molecular complexity index is 578. The molecule has 2 unspecified atom stereocenters. The van der Waals surface area contributed by atoms with Crippen LogP contribution in [0.25, 0.3) is 0 Å². The van der Waals surface area contributed by atoms with Gasteiger partial charge in [-0.05, 0) is 24.5 Å². The second-order valence-electron chi connectivity index (χ2n) is 5.15. The average molecular weight is 273 g/mol. The van der Waals surface area contributed by atoms with E-state index in [1.165, 1.54) is 5.56 Å². The highest BCUT2D eigenvalue weighted by molar-refractivity contribution is 5.36. The number of fused-ring (bicyclic) bond motifs is 1. The molecule has 0 spiro atoms. The number of rotatable bonds is 4. The van der Waals surface area contributed by atoms with Gasteiger partial charge in [0.15, 0.2) is 5.82 Å². The van der Waals surface area contributed by atoms with Crippen molar-refractivity contribution in [3.63, 3.8) is 0 Å². The van der Waals surface area contributed by atoms with Gasteiger partial charge in [0.1, 0.15) is 5.75 Å². The Labute approximate surface area is 118 Å². The molecule has 2 aromatic rings. The van der Waals surface area contributed by atoms with Crippen LogP contribution < -0.4 is 10.5 Å². The Morgan fingerprint density at radius 1 is 1.40 bits per heavy atom. The molecule has 0 aliphatic carbocycles. The van der Waals surface area contributed by atoms with Crippen LogP contribution in [0.2, 0.25) is 0 Å². The fraction of sp³-hybridized carbons (Fsp3) is 0.467. The van der Waals surface area contributed by atoms with E-state index in [4.69, 9.17) is 15.0 Å². The van der Waals surface area contributed by atoms with Crippen molar-refractivity contribution in [2.75, 3.05) is 13.2 Å². The van der Waals surface area contributed by atoms with Crippen molar-refractivity contribution < 1.29 is 9.26 Å². The van der Waals surface area contributed by atoms with Crippen molar-refractivity contribution in [3.8, 4) is 5.75 Å². The third-order valence-corrected chi connectivity index (χ3v) is 3.83. The number of benzene rings is 1. The SMILES string of the molecule is CCC(CN)c1nc(C2COc3ccccc3C2)no1. The van der Waals surface area contributed by atoms with Crippen LogP contribution in [0.4, 0.5) is 0 Å². The number of aromatic nitrogens is 2. The van der Waals surface area contributed by atoms with Gasteiger partial charge in [0.05, 0.1) is 18.4 Å². The average Bonchev–Trinajstić information content (AvgIpc) is 2.98. The van der Waals surface area contributed by atoms with Gasteiger partial charge < -0.3 is 15.0 Å². The van der Waals surface area contributed by atoms with E-state index < -0.39 is 0 Å². The van der Waals surface area contributed by atoms with E-state index in [-0.39, 0.29) is 11.8 Å². The van der Waals surface area contributed by atoms with Gasteiger partial charge >= 0.3 is 0 Å². The number of nitrogens with two attached hydrogens (primary N) is 1. The highest BCUT2D eigenvalue weighted by atomic mass is 16.5. The zero-order valence-electron chi connectivity index (χ0n) is 11.6. The lowest BCUT2D eigenvalue weighted by molar-refractivity contribution is 0.253. The van der Waals surface area contributed by atoms with E-state index in [2.05, 4.69) is 23.1 Å². The minimum absolute atomic E-state index is 0.146. The number of hydrogen-bond acceptors (Lipinski definition) is 5. The first-order valence-electron chi connectivity index (χ1n) is 7.06. The fourth-order valence-electron chi connectivity index (χ4n) is 2.51. The van der Waals surface area contributed by atoms with Crippen molar-refractivity contribution in [2.45, 2.75) is 31.6 Å². The smallest absolute Gasteiger partial charge is 0.231 e. The van der Waals surface area contributed by atoms with Crippen molar-refractivity contribution >= 4 is 0 Å². The van der Waals surface area contributed by atoms with Gasteiger partial charge in [-0.1, -0.05) is 30.3 Å². The Hall–Kier alpha value is -1.88. The third kappa shape index (κ3) is 2.41. The molecule has 5 heteroatoms. The zero-order valence-corrected chi connectivity index (χ0v) is 11.6. The summed E-state index contributed by atoms with van der Waals surface area (Å²) in [6.07, 6.45) is 1.79. The normalized spacial score (nSPS) is 19.2. The van der Waals surface area contributed by atoms with E-state index in [0.29, 0.717) is 19.0 Å². The molecule has 0 radical (unpaired) electrons. The van der Waals surface area contributed by atoms with Gasteiger partial charge in [0.2, 0.25) is 5.89 Å². The molecule has 0 saturated heterocycles. The highest BCUT2D eigenvalue weighted by Crippen LogP contribution is 2.31.